The molecule has 0 fully saturated rings. The highest BCUT2D eigenvalue weighted by Crippen LogP contribution is 2.26. The number of carbonyl (C=O) groups excluding carboxylic acids is 1. The summed E-state index contributed by atoms with van der Waals surface area (Å²) in [6.45, 7) is 0. The van der Waals surface area contributed by atoms with Crippen LogP contribution in [0, 0.1) is 5.82 Å². The van der Waals surface area contributed by atoms with Crippen LogP contribution < -0.4 is 0 Å². The first kappa shape index (κ1) is 14.6. The summed E-state index contributed by atoms with van der Waals surface area (Å²) in [5, 5.41) is 10.2. The number of halogens is 2. The van der Waals surface area contributed by atoms with E-state index in [9.17, 15) is 14.3 Å². The number of hydrogen-bond acceptors (Lipinski definition) is 4. The van der Waals surface area contributed by atoms with Gasteiger partial charge in [-0.3, -0.25) is 0 Å². The lowest BCUT2D eigenvalue weighted by atomic mass is 10.1. The summed E-state index contributed by atoms with van der Waals surface area (Å²) in [6.07, 6.45) is -1.16. The van der Waals surface area contributed by atoms with E-state index in [2.05, 4.69) is 4.74 Å². The molecule has 0 spiro atoms. The van der Waals surface area contributed by atoms with Crippen molar-refractivity contribution in [1.29, 1.82) is 0 Å². The van der Waals surface area contributed by atoms with Gasteiger partial charge in [0.2, 0.25) is 5.76 Å². The Balaban J connectivity index is 2.18. The molecule has 20 heavy (non-hydrogen) atoms. The van der Waals surface area contributed by atoms with Gasteiger partial charge >= 0.3 is 5.97 Å². The summed E-state index contributed by atoms with van der Waals surface area (Å²) in [7, 11) is 1.22. The van der Waals surface area contributed by atoms with Crippen LogP contribution in [0.2, 0.25) is 5.02 Å². The number of esters is 1. The molecule has 2 rings (SSSR count). The van der Waals surface area contributed by atoms with E-state index >= 15 is 0 Å². The predicted octanol–water partition coefficient (Wildman–Crippen LogP) is 3.13. The lowest BCUT2D eigenvalue weighted by Gasteiger charge is -2.10. The normalized spacial score (nSPS) is 12.2. The lowest BCUT2D eigenvalue weighted by Crippen LogP contribution is -2.04. The van der Waals surface area contributed by atoms with Crippen molar-refractivity contribution in [2.75, 3.05) is 7.11 Å². The molecule has 1 heterocycles. The zero-order valence-electron chi connectivity index (χ0n) is 10.6. The van der Waals surface area contributed by atoms with E-state index in [1.165, 1.54) is 37.4 Å². The van der Waals surface area contributed by atoms with Gasteiger partial charge in [-0.1, -0.05) is 17.7 Å². The molecule has 1 aromatic carbocycles. The van der Waals surface area contributed by atoms with Crippen molar-refractivity contribution in [1.82, 2.24) is 0 Å². The van der Waals surface area contributed by atoms with Gasteiger partial charge in [0.15, 0.2) is 0 Å². The molecule has 0 bridgehead atoms. The Morgan fingerprint density at radius 3 is 2.85 bits per heavy atom. The number of aliphatic hydroxyl groups excluding tert-OH is 1. The van der Waals surface area contributed by atoms with E-state index in [0.29, 0.717) is 0 Å². The second-order valence-corrected chi connectivity index (χ2v) is 4.52. The number of furan rings is 1. The first-order valence-electron chi connectivity index (χ1n) is 5.82. The van der Waals surface area contributed by atoms with E-state index in [4.69, 9.17) is 16.0 Å². The van der Waals surface area contributed by atoms with E-state index in [-0.39, 0.29) is 28.5 Å². The highest BCUT2D eigenvalue weighted by molar-refractivity contribution is 6.31. The van der Waals surface area contributed by atoms with Crippen molar-refractivity contribution in [3.05, 3.63) is 58.3 Å². The van der Waals surface area contributed by atoms with Gasteiger partial charge in [0, 0.05) is 17.0 Å². The zero-order valence-corrected chi connectivity index (χ0v) is 11.4. The minimum atomic E-state index is -1.11. The second-order valence-electron chi connectivity index (χ2n) is 4.11. The molecule has 0 amide bonds. The topological polar surface area (TPSA) is 59.7 Å². The van der Waals surface area contributed by atoms with Crippen LogP contribution in [0.3, 0.4) is 0 Å². The van der Waals surface area contributed by atoms with Gasteiger partial charge in [-0.05, 0) is 24.3 Å². The van der Waals surface area contributed by atoms with Gasteiger partial charge in [-0.25, -0.2) is 9.18 Å². The van der Waals surface area contributed by atoms with E-state index < -0.39 is 17.9 Å². The molecule has 1 unspecified atom stereocenters. The standard InChI is InChI=1S/C14H12ClFO4/c1-19-14(18)13-6-5-12(20-13)11(17)7-8-9(15)3-2-4-10(8)16/h2-6,11,17H,7H2,1H3. The maximum Gasteiger partial charge on any atom is 0.373 e. The number of methoxy groups -OCH3 is 1. The Bertz CT molecular complexity index is 603. The zero-order chi connectivity index (χ0) is 14.7. The van der Waals surface area contributed by atoms with Gasteiger partial charge in [0.05, 0.1) is 7.11 Å². The molecular formula is C14H12ClFO4. The van der Waals surface area contributed by atoms with Crippen molar-refractivity contribution in [2.24, 2.45) is 0 Å². The van der Waals surface area contributed by atoms with Crippen LogP contribution in [-0.2, 0) is 11.2 Å². The van der Waals surface area contributed by atoms with Crippen LogP contribution in [0.5, 0.6) is 0 Å². The fraction of sp³-hybridized carbons (Fsp3) is 0.214. The Hall–Kier alpha value is -1.85. The smallest absolute Gasteiger partial charge is 0.373 e. The molecule has 1 N–H and O–H groups in total. The molecule has 0 aliphatic heterocycles. The number of aliphatic hydroxyl groups is 1. The minimum Gasteiger partial charge on any atom is -0.463 e. The highest BCUT2D eigenvalue weighted by atomic mass is 35.5. The van der Waals surface area contributed by atoms with Gasteiger partial charge in [-0.15, -0.1) is 0 Å². The Morgan fingerprint density at radius 2 is 2.20 bits per heavy atom. The molecule has 0 radical (unpaired) electrons. The quantitative estimate of drug-likeness (QED) is 0.881. The third kappa shape index (κ3) is 3.00. The van der Waals surface area contributed by atoms with Gasteiger partial charge in [-0.2, -0.15) is 0 Å². The van der Waals surface area contributed by atoms with E-state index in [1.54, 1.807) is 0 Å². The molecule has 0 aliphatic carbocycles. The molecular weight excluding hydrogens is 287 g/mol. The fourth-order valence-electron chi connectivity index (χ4n) is 1.76. The molecule has 6 heteroatoms. The molecule has 4 nitrogen and oxygen atoms in total. The molecule has 0 saturated heterocycles. The third-order valence-electron chi connectivity index (χ3n) is 2.80. The van der Waals surface area contributed by atoms with Crippen molar-refractivity contribution < 1.29 is 23.4 Å². The monoisotopic (exact) mass is 298 g/mol. The predicted molar refractivity (Wildman–Crippen MR) is 70.1 cm³/mol. The maximum atomic E-state index is 13.6. The number of hydrogen-bond donors (Lipinski definition) is 1. The van der Waals surface area contributed by atoms with Crippen molar-refractivity contribution in [3.8, 4) is 0 Å². The van der Waals surface area contributed by atoms with Crippen molar-refractivity contribution in [2.45, 2.75) is 12.5 Å². The first-order chi connectivity index (χ1) is 9.52. The summed E-state index contributed by atoms with van der Waals surface area (Å²) in [4.78, 5) is 11.2. The van der Waals surface area contributed by atoms with E-state index in [1.807, 2.05) is 0 Å². The van der Waals surface area contributed by atoms with Crippen LogP contribution in [-0.4, -0.2) is 18.2 Å². The van der Waals surface area contributed by atoms with Gasteiger partial charge < -0.3 is 14.3 Å². The summed E-state index contributed by atoms with van der Waals surface area (Å²) in [5.74, 6) is -1.03. The number of ether oxygens (including phenoxy) is 1. The average molecular weight is 299 g/mol. The molecule has 1 aromatic heterocycles. The van der Waals surface area contributed by atoms with Crippen molar-refractivity contribution in [3.63, 3.8) is 0 Å². The SMILES string of the molecule is COC(=O)c1ccc(C(O)Cc2c(F)cccc2Cl)o1. The fourth-order valence-corrected chi connectivity index (χ4v) is 2.00. The maximum absolute atomic E-state index is 13.6. The molecule has 0 aliphatic rings. The third-order valence-corrected chi connectivity index (χ3v) is 3.16. The largest absolute Gasteiger partial charge is 0.463 e. The van der Waals surface area contributed by atoms with E-state index in [0.717, 1.165) is 0 Å². The summed E-state index contributed by atoms with van der Waals surface area (Å²) < 4.78 is 23.3. The Morgan fingerprint density at radius 1 is 1.45 bits per heavy atom. The Labute approximate surface area is 119 Å². The number of benzene rings is 1. The average Bonchev–Trinajstić information content (AvgIpc) is 2.92. The summed E-state index contributed by atoms with van der Waals surface area (Å²) >= 11 is 5.88. The summed E-state index contributed by atoms with van der Waals surface area (Å²) in [6, 6.07) is 7.10. The van der Waals surface area contributed by atoms with Crippen LogP contribution in [0.4, 0.5) is 4.39 Å². The van der Waals surface area contributed by atoms with Crippen LogP contribution >= 0.6 is 11.6 Å². The highest BCUT2D eigenvalue weighted by Gasteiger charge is 2.19. The molecule has 1 atom stereocenters. The van der Waals surface area contributed by atoms with Crippen LogP contribution in [0.25, 0.3) is 0 Å². The van der Waals surface area contributed by atoms with Crippen LogP contribution in [0.15, 0.2) is 34.7 Å². The molecule has 0 saturated carbocycles. The Kier molecular flexibility index (Phi) is 4.42. The van der Waals surface area contributed by atoms with Gasteiger partial charge in [0.25, 0.3) is 0 Å². The minimum absolute atomic E-state index is 0.0267. The van der Waals surface area contributed by atoms with Crippen molar-refractivity contribution >= 4 is 17.6 Å². The first-order valence-corrected chi connectivity index (χ1v) is 6.19. The van der Waals surface area contributed by atoms with Crippen LogP contribution in [0.1, 0.15) is 28.0 Å². The summed E-state index contributed by atoms with van der Waals surface area (Å²) in [5.41, 5.74) is 0.192. The number of carbonyl (C=O) groups is 1. The molecule has 2 aromatic rings. The number of rotatable bonds is 4. The van der Waals surface area contributed by atoms with Gasteiger partial charge in [0.1, 0.15) is 17.7 Å². The lowest BCUT2D eigenvalue weighted by molar-refractivity contribution is 0.0554. The second kappa shape index (κ2) is 6.07. The molecule has 106 valence electrons.